The smallest absolute Gasteiger partial charge is 0.387 e. The topological polar surface area (TPSA) is 105 Å². The zero-order valence-corrected chi connectivity index (χ0v) is 42.4. The van der Waals surface area contributed by atoms with E-state index in [0.717, 1.165) is 103 Å². The molecule has 0 spiro atoms. The van der Waals surface area contributed by atoms with E-state index in [0.29, 0.717) is 17.4 Å². The normalized spacial score (nSPS) is 15.0. The summed E-state index contributed by atoms with van der Waals surface area (Å²) in [7, 11) is 1.54. The van der Waals surface area contributed by atoms with Gasteiger partial charge in [0.25, 0.3) is 0 Å². The average molecular weight is 912 g/mol. The SMILES string of the molecule is CC/C=C\C/C=C\C/C=C\C/C=C\C/C=C\C/C=C\C/C=C\C/C=C\CCCCCCCCC(=O)NC(COP(=O)(O)OCC[N+](C)(C)C)C(O)/C=C/CCCCCCCCCCC. The number of carbonyl (C=O) groups excluding carboxylic acids is 1. The van der Waals surface area contributed by atoms with E-state index in [4.69, 9.17) is 9.05 Å². The van der Waals surface area contributed by atoms with Gasteiger partial charge in [0, 0.05) is 6.42 Å². The van der Waals surface area contributed by atoms with Crippen LogP contribution in [0.1, 0.15) is 181 Å². The first-order valence-corrected chi connectivity index (χ1v) is 26.8. The molecule has 3 N–H and O–H groups in total. The monoisotopic (exact) mass is 912 g/mol. The van der Waals surface area contributed by atoms with Crippen LogP contribution in [-0.4, -0.2) is 73.4 Å². The van der Waals surface area contributed by atoms with Crippen molar-refractivity contribution in [3.05, 3.63) is 109 Å². The van der Waals surface area contributed by atoms with E-state index >= 15 is 0 Å². The number of phosphoric ester groups is 1. The number of allylic oxidation sites excluding steroid dienone is 17. The Bertz CT molecular complexity index is 1400. The van der Waals surface area contributed by atoms with Crippen LogP contribution < -0.4 is 5.32 Å². The Morgan fingerprint density at radius 1 is 0.547 bits per heavy atom. The first-order chi connectivity index (χ1) is 31.0. The molecule has 0 aliphatic heterocycles. The van der Waals surface area contributed by atoms with E-state index in [1.807, 2.05) is 27.2 Å². The molecule has 3 atom stereocenters. The predicted molar refractivity (Wildman–Crippen MR) is 276 cm³/mol. The fourth-order valence-electron chi connectivity index (χ4n) is 6.53. The molecule has 0 aromatic carbocycles. The maximum Gasteiger partial charge on any atom is 0.472 e. The third kappa shape index (κ3) is 47.1. The van der Waals surface area contributed by atoms with Crippen molar-refractivity contribution in [2.24, 2.45) is 0 Å². The zero-order chi connectivity index (χ0) is 47.1. The van der Waals surface area contributed by atoms with Crippen molar-refractivity contribution in [3.8, 4) is 0 Å². The van der Waals surface area contributed by atoms with Crippen LogP contribution in [0.15, 0.2) is 109 Å². The summed E-state index contributed by atoms with van der Waals surface area (Å²) < 4.78 is 23.6. The molecule has 0 aliphatic carbocycles. The Morgan fingerprint density at radius 3 is 1.38 bits per heavy atom. The lowest BCUT2D eigenvalue weighted by Gasteiger charge is -2.25. The molecule has 0 heterocycles. The molecular formula is C55H96N2O6P+. The van der Waals surface area contributed by atoms with Crippen molar-refractivity contribution in [2.45, 2.75) is 193 Å². The molecule has 0 aromatic rings. The van der Waals surface area contributed by atoms with E-state index in [2.05, 4.69) is 116 Å². The molecule has 0 aromatic heterocycles. The summed E-state index contributed by atoms with van der Waals surface area (Å²) in [5.41, 5.74) is 0. The Labute approximate surface area is 393 Å². The van der Waals surface area contributed by atoms with Crippen molar-refractivity contribution in [1.82, 2.24) is 5.32 Å². The van der Waals surface area contributed by atoms with Gasteiger partial charge < -0.3 is 19.8 Å². The first-order valence-electron chi connectivity index (χ1n) is 25.3. The van der Waals surface area contributed by atoms with Crippen molar-refractivity contribution in [3.63, 3.8) is 0 Å². The number of rotatable bonds is 44. The molecule has 0 aliphatic rings. The van der Waals surface area contributed by atoms with Crippen LogP contribution in [0.25, 0.3) is 0 Å². The number of likely N-dealkylation sites (N-methyl/N-ethyl adjacent to an activating group) is 1. The molecule has 0 saturated carbocycles. The van der Waals surface area contributed by atoms with Crippen LogP contribution in [0.2, 0.25) is 0 Å². The quantitative estimate of drug-likeness (QED) is 0.0243. The molecule has 0 rings (SSSR count). The highest BCUT2D eigenvalue weighted by Gasteiger charge is 2.27. The minimum absolute atomic E-state index is 0.0522. The highest BCUT2D eigenvalue weighted by molar-refractivity contribution is 7.47. The number of nitrogens with one attached hydrogen (secondary N) is 1. The van der Waals surface area contributed by atoms with Crippen LogP contribution in [0.3, 0.4) is 0 Å². The van der Waals surface area contributed by atoms with Gasteiger partial charge in [-0.3, -0.25) is 13.8 Å². The maximum absolute atomic E-state index is 12.9. The second-order valence-corrected chi connectivity index (χ2v) is 19.3. The molecular weight excluding hydrogens is 816 g/mol. The molecule has 3 unspecified atom stereocenters. The van der Waals surface area contributed by atoms with Crippen LogP contribution in [-0.2, 0) is 18.4 Å². The van der Waals surface area contributed by atoms with Gasteiger partial charge in [-0.25, -0.2) is 4.57 Å². The molecule has 8 nitrogen and oxygen atoms in total. The number of aliphatic hydroxyl groups is 1. The fraction of sp³-hybridized carbons (Fsp3) is 0.655. The van der Waals surface area contributed by atoms with Gasteiger partial charge in [0.15, 0.2) is 0 Å². The molecule has 9 heteroatoms. The van der Waals surface area contributed by atoms with Crippen LogP contribution in [0.4, 0.5) is 0 Å². The molecule has 0 bridgehead atoms. The van der Waals surface area contributed by atoms with Crippen molar-refractivity contribution in [2.75, 3.05) is 40.9 Å². The first kappa shape index (κ1) is 61.2. The summed E-state index contributed by atoms with van der Waals surface area (Å²) in [6, 6.07) is -0.861. The van der Waals surface area contributed by atoms with Gasteiger partial charge in [-0.05, 0) is 83.5 Å². The molecule has 64 heavy (non-hydrogen) atoms. The van der Waals surface area contributed by atoms with E-state index in [9.17, 15) is 19.4 Å². The van der Waals surface area contributed by atoms with E-state index < -0.39 is 20.0 Å². The van der Waals surface area contributed by atoms with E-state index in [-0.39, 0.29) is 19.1 Å². The van der Waals surface area contributed by atoms with Crippen molar-refractivity contribution >= 4 is 13.7 Å². The lowest BCUT2D eigenvalue weighted by Crippen LogP contribution is -2.45. The second-order valence-electron chi connectivity index (χ2n) is 17.8. The predicted octanol–water partition coefficient (Wildman–Crippen LogP) is 14.9. The molecule has 0 radical (unpaired) electrons. The summed E-state index contributed by atoms with van der Waals surface area (Å²) in [4.78, 5) is 23.2. The number of amides is 1. The molecule has 1 amide bonds. The zero-order valence-electron chi connectivity index (χ0n) is 41.5. The minimum atomic E-state index is -4.35. The minimum Gasteiger partial charge on any atom is -0.387 e. The molecule has 0 fully saturated rings. The summed E-state index contributed by atoms with van der Waals surface area (Å²) >= 11 is 0. The number of quaternary nitrogens is 1. The number of carbonyl (C=O) groups is 1. The lowest BCUT2D eigenvalue weighted by molar-refractivity contribution is -0.870. The van der Waals surface area contributed by atoms with Gasteiger partial charge in [-0.15, -0.1) is 0 Å². The van der Waals surface area contributed by atoms with Crippen molar-refractivity contribution in [1.29, 1.82) is 0 Å². The van der Waals surface area contributed by atoms with E-state index in [1.54, 1.807) is 6.08 Å². The molecule has 366 valence electrons. The lowest BCUT2D eigenvalue weighted by atomic mass is 10.1. The summed E-state index contributed by atoms with van der Waals surface area (Å²) in [5.74, 6) is -0.199. The third-order valence-corrected chi connectivity index (χ3v) is 11.5. The second kappa shape index (κ2) is 45.3. The number of hydrogen-bond acceptors (Lipinski definition) is 5. The number of phosphoric acid groups is 1. The summed E-state index contributed by atoms with van der Waals surface area (Å²) in [6.45, 7) is 4.65. The van der Waals surface area contributed by atoms with Crippen molar-refractivity contribution < 1.29 is 32.9 Å². The van der Waals surface area contributed by atoms with Gasteiger partial charge in [0.05, 0.1) is 39.9 Å². The highest BCUT2D eigenvalue weighted by Crippen LogP contribution is 2.43. The number of nitrogens with zero attached hydrogens (tertiary/aromatic N) is 1. The number of unbranched alkanes of at least 4 members (excludes halogenated alkanes) is 15. The van der Waals surface area contributed by atoms with Gasteiger partial charge in [-0.1, -0.05) is 200 Å². The van der Waals surface area contributed by atoms with Crippen LogP contribution in [0, 0.1) is 0 Å². The Kier molecular flexibility index (Phi) is 43.3. The van der Waals surface area contributed by atoms with Gasteiger partial charge in [0.1, 0.15) is 13.2 Å². The Hall–Kier alpha value is -2.84. The standard InChI is InChI=1S/C55H95N2O6P/c1-6-8-10-12-14-16-18-19-20-21-22-23-24-25-26-27-28-29-30-31-32-33-34-35-36-37-39-41-43-45-47-49-55(59)56-53(52-63-64(60,61)62-51-50-57(3,4)5)54(58)48-46-44-42-40-38-17-15-13-11-9-7-2/h8,10,14,16,19-20,22-23,25-26,28-29,31-32,34-35,46,48,53-54,58H,6-7,9,11-13,15,17-18,21,24,27,30,33,36-45,47,49-52H2,1-5H3,(H-,56,59,60,61)/p+1/b10-8-,16-14-,20-19-,23-22-,26-25-,29-28-,32-31-,35-34-,48-46+. The fourth-order valence-corrected chi connectivity index (χ4v) is 7.26. The Balaban J connectivity index is 4.25. The average Bonchev–Trinajstić information content (AvgIpc) is 3.25. The Morgan fingerprint density at radius 2 is 0.938 bits per heavy atom. The van der Waals surface area contributed by atoms with Crippen LogP contribution in [0.5, 0.6) is 0 Å². The van der Waals surface area contributed by atoms with Crippen LogP contribution >= 0.6 is 7.82 Å². The summed E-state index contributed by atoms with van der Waals surface area (Å²) in [6.07, 6.45) is 66.0. The highest BCUT2D eigenvalue weighted by atomic mass is 31.2. The summed E-state index contributed by atoms with van der Waals surface area (Å²) in [5, 5.41) is 13.8. The van der Waals surface area contributed by atoms with Gasteiger partial charge >= 0.3 is 7.82 Å². The largest absolute Gasteiger partial charge is 0.472 e. The number of aliphatic hydroxyl groups excluding tert-OH is 1. The van der Waals surface area contributed by atoms with Gasteiger partial charge in [0.2, 0.25) is 5.91 Å². The maximum atomic E-state index is 12.9. The molecule has 0 saturated heterocycles. The van der Waals surface area contributed by atoms with E-state index in [1.165, 1.54) is 57.8 Å². The third-order valence-electron chi connectivity index (χ3n) is 10.5. The number of hydrogen-bond donors (Lipinski definition) is 3. The van der Waals surface area contributed by atoms with Gasteiger partial charge in [-0.2, -0.15) is 0 Å².